The van der Waals surface area contributed by atoms with Gasteiger partial charge in [-0.05, 0) is 45.4 Å². The molecule has 2 fully saturated rings. The zero-order chi connectivity index (χ0) is 12.5. The first-order chi connectivity index (χ1) is 7.99. The molecule has 2 unspecified atom stereocenters. The van der Waals surface area contributed by atoms with E-state index in [0.29, 0.717) is 5.92 Å². The van der Waals surface area contributed by atoms with Gasteiger partial charge in [-0.1, -0.05) is 12.8 Å². The van der Waals surface area contributed by atoms with Crippen molar-refractivity contribution < 1.29 is 14.6 Å². The molecule has 1 saturated carbocycles. The Hall–Kier alpha value is -0.120. The Morgan fingerprint density at radius 2 is 2.00 bits per heavy atom. The number of hydrogen-bond acceptors (Lipinski definition) is 3. The molecule has 2 aliphatic rings. The first-order valence-corrected chi connectivity index (χ1v) is 6.86. The van der Waals surface area contributed by atoms with Gasteiger partial charge in [0, 0.05) is 13.7 Å². The van der Waals surface area contributed by atoms with Gasteiger partial charge in [-0.2, -0.15) is 0 Å². The predicted molar refractivity (Wildman–Crippen MR) is 67.0 cm³/mol. The molecule has 0 bridgehead atoms. The number of ether oxygens (including phenoxy) is 2. The first-order valence-electron chi connectivity index (χ1n) is 6.86. The van der Waals surface area contributed by atoms with Crippen molar-refractivity contribution >= 4 is 0 Å². The van der Waals surface area contributed by atoms with Crippen LogP contribution in [0.15, 0.2) is 0 Å². The molecular weight excluding hydrogens is 216 g/mol. The number of rotatable bonds is 3. The van der Waals surface area contributed by atoms with Crippen molar-refractivity contribution in [1.29, 1.82) is 0 Å². The third-order valence-electron chi connectivity index (χ3n) is 4.73. The van der Waals surface area contributed by atoms with Crippen LogP contribution >= 0.6 is 0 Å². The van der Waals surface area contributed by atoms with Crippen LogP contribution < -0.4 is 0 Å². The van der Waals surface area contributed by atoms with E-state index in [1.807, 2.05) is 13.8 Å². The lowest BCUT2D eigenvalue weighted by Gasteiger charge is -2.43. The maximum absolute atomic E-state index is 10.5. The molecule has 0 aromatic heterocycles. The third kappa shape index (κ3) is 2.67. The van der Waals surface area contributed by atoms with Gasteiger partial charge in [-0.25, -0.2) is 0 Å². The second-order valence-electron chi connectivity index (χ2n) is 6.24. The van der Waals surface area contributed by atoms with E-state index < -0.39 is 11.7 Å². The summed E-state index contributed by atoms with van der Waals surface area (Å²) in [5, 5.41) is 10.5. The summed E-state index contributed by atoms with van der Waals surface area (Å²) in [5.41, 5.74) is -0.379. The summed E-state index contributed by atoms with van der Waals surface area (Å²) in [6.07, 6.45) is 6.45. The fourth-order valence-electron chi connectivity index (χ4n) is 3.39. The molecule has 1 saturated heterocycles. The molecule has 0 aromatic carbocycles. The molecule has 1 N–H and O–H groups in total. The van der Waals surface area contributed by atoms with E-state index in [1.54, 1.807) is 7.11 Å². The molecular formula is C14H26O3. The topological polar surface area (TPSA) is 38.7 Å². The molecule has 1 spiro atoms. The maximum Gasteiger partial charge on any atom is 0.0883 e. The Morgan fingerprint density at radius 1 is 1.35 bits per heavy atom. The summed E-state index contributed by atoms with van der Waals surface area (Å²) in [6.45, 7) is 4.73. The largest absolute Gasteiger partial charge is 0.390 e. The van der Waals surface area contributed by atoms with Crippen molar-refractivity contribution in [1.82, 2.24) is 0 Å². The van der Waals surface area contributed by atoms with Crippen LogP contribution in [0.4, 0.5) is 0 Å². The van der Waals surface area contributed by atoms with E-state index in [4.69, 9.17) is 9.47 Å². The quantitative estimate of drug-likeness (QED) is 0.826. The minimum absolute atomic E-state index is 0.0771. The van der Waals surface area contributed by atoms with Crippen molar-refractivity contribution in [2.75, 3.05) is 13.7 Å². The average Bonchev–Trinajstić information content (AvgIpc) is 2.76. The van der Waals surface area contributed by atoms with Crippen LogP contribution in [0.25, 0.3) is 0 Å². The number of aliphatic hydroxyl groups is 1. The lowest BCUT2D eigenvalue weighted by atomic mass is 9.77. The van der Waals surface area contributed by atoms with Gasteiger partial charge in [0.1, 0.15) is 0 Å². The summed E-state index contributed by atoms with van der Waals surface area (Å²) in [6, 6.07) is 0. The highest BCUT2D eigenvalue weighted by atomic mass is 16.5. The van der Waals surface area contributed by atoms with Gasteiger partial charge in [-0.15, -0.1) is 0 Å². The highest BCUT2D eigenvalue weighted by molar-refractivity contribution is 4.96. The molecule has 1 heterocycles. The lowest BCUT2D eigenvalue weighted by molar-refractivity contribution is -0.154. The van der Waals surface area contributed by atoms with Crippen LogP contribution in [0.5, 0.6) is 0 Å². The first kappa shape index (κ1) is 13.3. The van der Waals surface area contributed by atoms with Gasteiger partial charge in [0.15, 0.2) is 0 Å². The highest BCUT2D eigenvalue weighted by Gasteiger charge is 2.44. The molecule has 17 heavy (non-hydrogen) atoms. The molecule has 3 heteroatoms. The second kappa shape index (κ2) is 4.87. The third-order valence-corrected chi connectivity index (χ3v) is 4.73. The van der Waals surface area contributed by atoms with E-state index in [1.165, 1.54) is 25.7 Å². The van der Waals surface area contributed by atoms with Crippen molar-refractivity contribution in [2.45, 2.75) is 69.7 Å². The lowest BCUT2D eigenvalue weighted by Crippen LogP contribution is -2.49. The van der Waals surface area contributed by atoms with E-state index in [9.17, 15) is 5.11 Å². The monoisotopic (exact) mass is 242 g/mol. The molecule has 0 aromatic rings. The summed E-state index contributed by atoms with van der Waals surface area (Å²) in [4.78, 5) is 0. The van der Waals surface area contributed by atoms with Gasteiger partial charge in [0.05, 0.1) is 17.3 Å². The second-order valence-corrected chi connectivity index (χ2v) is 6.24. The number of methoxy groups -OCH3 is 1. The van der Waals surface area contributed by atoms with Crippen LogP contribution in [0.3, 0.4) is 0 Å². The van der Waals surface area contributed by atoms with Crippen LogP contribution in [0.2, 0.25) is 0 Å². The van der Waals surface area contributed by atoms with Crippen LogP contribution in [0.1, 0.15) is 52.4 Å². The zero-order valence-electron chi connectivity index (χ0n) is 11.4. The Kier molecular flexibility index (Phi) is 3.81. The van der Waals surface area contributed by atoms with E-state index >= 15 is 0 Å². The van der Waals surface area contributed by atoms with Crippen molar-refractivity contribution in [3.05, 3.63) is 0 Å². The SMILES string of the molecule is COC(C)(C)C(O)C1CCOC2(CCCC2)C1. The van der Waals surface area contributed by atoms with E-state index in [0.717, 1.165) is 19.4 Å². The Bertz CT molecular complexity index is 256. The normalized spacial score (nSPS) is 30.7. The van der Waals surface area contributed by atoms with Crippen LogP contribution in [0, 0.1) is 5.92 Å². The summed E-state index contributed by atoms with van der Waals surface area (Å²) >= 11 is 0. The zero-order valence-corrected chi connectivity index (χ0v) is 11.4. The van der Waals surface area contributed by atoms with Gasteiger partial charge >= 0.3 is 0 Å². The molecule has 100 valence electrons. The molecule has 0 amide bonds. The standard InChI is InChI=1S/C14H26O3/c1-13(2,16-3)12(15)11-6-9-17-14(10-11)7-4-5-8-14/h11-12,15H,4-10H2,1-3H3. The van der Waals surface area contributed by atoms with Crippen molar-refractivity contribution in [3.63, 3.8) is 0 Å². The summed E-state index contributed by atoms with van der Waals surface area (Å²) in [7, 11) is 1.67. The molecule has 2 atom stereocenters. The maximum atomic E-state index is 10.5. The van der Waals surface area contributed by atoms with Gasteiger partial charge < -0.3 is 14.6 Å². The van der Waals surface area contributed by atoms with Crippen LogP contribution in [-0.2, 0) is 9.47 Å². The minimum atomic E-state index is -0.457. The van der Waals surface area contributed by atoms with Crippen LogP contribution in [-0.4, -0.2) is 36.1 Å². The summed E-state index contributed by atoms with van der Waals surface area (Å²) < 4.78 is 11.4. The minimum Gasteiger partial charge on any atom is -0.390 e. The fourth-order valence-corrected chi connectivity index (χ4v) is 3.39. The average molecular weight is 242 g/mol. The molecule has 3 nitrogen and oxygen atoms in total. The highest BCUT2D eigenvalue weighted by Crippen LogP contribution is 2.44. The molecule has 1 aliphatic heterocycles. The molecule has 2 rings (SSSR count). The Morgan fingerprint density at radius 3 is 2.59 bits per heavy atom. The van der Waals surface area contributed by atoms with E-state index in [-0.39, 0.29) is 5.60 Å². The van der Waals surface area contributed by atoms with E-state index in [2.05, 4.69) is 0 Å². The number of aliphatic hydroxyl groups excluding tert-OH is 1. The summed E-state index contributed by atoms with van der Waals surface area (Å²) in [5.74, 6) is 0.316. The van der Waals surface area contributed by atoms with Gasteiger partial charge in [0.25, 0.3) is 0 Å². The fraction of sp³-hybridized carbons (Fsp3) is 1.00. The smallest absolute Gasteiger partial charge is 0.0883 e. The molecule has 1 aliphatic carbocycles. The van der Waals surface area contributed by atoms with Gasteiger partial charge in [0.2, 0.25) is 0 Å². The predicted octanol–water partition coefficient (Wildman–Crippen LogP) is 2.51. The Labute approximate surface area is 104 Å². The van der Waals surface area contributed by atoms with Gasteiger partial charge in [-0.3, -0.25) is 0 Å². The molecule has 0 radical (unpaired) electrons. The van der Waals surface area contributed by atoms with Crippen molar-refractivity contribution in [2.24, 2.45) is 5.92 Å². The van der Waals surface area contributed by atoms with Crippen molar-refractivity contribution in [3.8, 4) is 0 Å². The Balaban J connectivity index is 2.02. The number of hydrogen-bond donors (Lipinski definition) is 1.